The highest BCUT2D eigenvalue weighted by Gasteiger charge is 2.10. The number of hydrogen-bond donors (Lipinski definition) is 2. The van der Waals surface area contributed by atoms with Crippen LogP contribution in [0.25, 0.3) is 10.9 Å². The van der Waals surface area contributed by atoms with Crippen molar-refractivity contribution in [2.24, 2.45) is 0 Å². The molecule has 1 heterocycles. The molecule has 1 amide bonds. The van der Waals surface area contributed by atoms with Crippen LogP contribution >= 0.6 is 0 Å². The van der Waals surface area contributed by atoms with Crippen LogP contribution in [-0.2, 0) is 4.79 Å². The fourth-order valence-electron chi connectivity index (χ4n) is 1.71. The van der Waals surface area contributed by atoms with E-state index in [4.69, 9.17) is 5.11 Å². The molecule has 18 heavy (non-hydrogen) atoms. The molecular weight excluding hydrogens is 232 g/mol. The molecule has 0 atom stereocenters. The summed E-state index contributed by atoms with van der Waals surface area (Å²) in [5.74, 6) is -1.56. The highest BCUT2D eigenvalue weighted by molar-refractivity contribution is 5.97. The van der Waals surface area contributed by atoms with Crippen molar-refractivity contribution in [1.82, 2.24) is 10.3 Å². The van der Waals surface area contributed by atoms with Crippen molar-refractivity contribution in [3.8, 4) is 0 Å². The molecule has 0 aliphatic heterocycles. The molecule has 2 aromatic rings. The average molecular weight is 244 g/mol. The monoisotopic (exact) mass is 244 g/mol. The first kappa shape index (κ1) is 12.0. The summed E-state index contributed by atoms with van der Waals surface area (Å²) in [5.41, 5.74) is 1.88. The van der Waals surface area contributed by atoms with Crippen LogP contribution in [0.4, 0.5) is 0 Å². The Morgan fingerprint density at radius 3 is 2.78 bits per heavy atom. The van der Waals surface area contributed by atoms with E-state index in [-0.39, 0.29) is 5.69 Å². The maximum atomic E-state index is 11.7. The van der Waals surface area contributed by atoms with Crippen molar-refractivity contribution in [2.75, 3.05) is 6.54 Å². The van der Waals surface area contributed by atoms with Crippen LogP contribution in [0.5, 0.6) is 0 Å². The van der Waals surface area contributed by atoms with Crippen LogP contribution in [0, 0.1) is 6.92 Å². The van der Waals surface area contributed by atoms with E-state index in [1.165, 1.54) is 0 Å². The third-order valence-electron chi connectivity index (χ3n) is 2.56. The predicted octanol–water partition coefficient (Wildman–Crippen LogP) is 1.36. The third kappa shape index (κ3) is 2.45. The molecule has 5 heteroatoms. The Morgan fingerprint density at radius 2 is 2.06 bits per heavy atom. The maximum absolute atomic E-state index is 11.7. The number of para-hydroxylation sites is 1. The molecule has 0 radical (unpaired) electrons. The number of fused-ring (bicyclic) bond motifs is 1. The SMILES string of the molecule is Cc1cc(C(=O)NCC(=O)O)nc2ccccc12. The molecule has 0 unspecified atom stereocenters. The number of nitrogens with one attached hydrogen (secondary N) is 1. The van der Waals surface area contributed by atoms with Crippen LogP contribution in [-0.4, -0.2) is 28.5 Å². The lowest BCUT2D eigenvalue weighted by atomic mass is 10.1. The molecule has 0 spiro atoms. The lowest BCUT2D eigenvalue weighted by molar-refractivity contribution is -0.135. The summed E-state index contributed by atoms with van der Waals surface area (Å²) in [6, 6.07) is 9.14. The number of carboxylic acid groups (broad SMARTS) is 1. The number of amides is 1. The largest absolute Gasteiger partial charge is 0.480 e. The van der Waals surface area contributed by atoms with Gasteiger partial charge in [0.05, 0.1) is 5.52 Å². The summed E-state index contributed by atoms with van der Waals surface area (Å²) >= 11 is 0. The number of aliphatic carboxylic acids is 1. The average Bonchev–Trinajstić information content (AvgIpc) is 2.36. The standard InChI is InChI=1S/C13H12N2O3/c1-8-6-11(13(18)14-7-12(16)17)15-10-5-3-2-4-9(8)10/h2-6H,7H2,1H3,(H,14,18)(H,16,17). The summed E-state index contributed by atoms with van der Waals surface area (Å²) in [6.45, 7) is 1.48. The fourth-order valence-corrected chi connectivity index (χ4v) is 1.71. The first-order valence-electron chi connectivity index (χ1n) is 5.44. The van der Waals surface area contributed by atoms with E-state index in [0.717, 1.165) is 16.5 Å². The van der Waals surface area contributed by atoms with E-state index in [1.54, 1.807) is 6.07 Å². The summed E-state index contributed by atoms with van der Waals surface area (Å²) < 4.78 is 0. The Bertz CT molecular complexity index is 623. The van der Waals surface area contributed by atoms with Gasteiger partial charge >= 0.3 is 5.97 Å². The van der Waals surface area contributed by atoms with E-state index in [9.17, 15) is 9.59 Å². The zero-order valence-corrected chi connectivity index (χ0v) is 9.80. The first-order chi connectivity index (χ1) is 8.58. The number of aryl methyl sites for hydroxylation is 1. The Balaban J connectivity index is 2.34. The summed E-state index contributed by atoms with van der Waals surface area (Å²) in [7, 11) is 0. The first-order valence-corrected chi connectivity index (χ1v) is 5.44. The Hall–Kier alpha value is -2.43. The smallest absolute Gasteiger partial charge is 0.322 e. The molecule has 0 aliphatic carbocycles. The molecule has 1 aromatic heterocycles. The number of carbonyl (C=O) groups is 2. The van der Waals surface area contributed by atoms with E-state index >= 15 is 0 Å². The topological polar surface area (TPSA) is 79.3 Å². The molecule has 0 saturated carbocycles. The van der Waals surface area contributed by atoms with Gasteiger partial charge in [0.2, 0.25) is 0 Å². The lowest BCUT2D eigenvalue weighted by Crippen LogP contribution is -2.29. The number of benzene rings is 1. The van der Waals surface area contributed by atoms with Gasteiger partial charge in [-0.15, -0.1) is 0 Å². The fraction of sp³-hybridized carbons (Fsp3) is 0.154. The van der Waals surface area contributed by atoms with Crippen molar-refractivity contribution in [2.45, 2.75) is 6.92 Å². The van der Waals surface area contributed by atoms with Crippen LogP contribution in [0.15, 0.2) is 30.3 Å². The van der Waals surface area contributed by atoms with Crippen LogP contribution in [0.2, 0.25) is 0 Å². The minimum absolute atomic E-state index is 0.229. The number of aromatic nitrogens is 1. The second-order valence-corrected chi connectivity index (χ2v) is 3.92. The van der Waals surface area contributed by atoms with Gasteiger partial charge in [-0.1, -0.05) is 18.2 Å². The normalized spacial score (nSPS) is 10.3. The Morgan fingerprint density at radius 1 is 1.33 bits per heavy atom. The minimum atomic E-state index is -1.08. The van der Waals surface area contributed by atoms with Gasteiger partial charge < -0.3 is 10.4 Å². The number of hydrogen-bond acceptors (Lipinski definition) is 3. The Labute approximate surface area is 103 Å². The van der Waals surface area contributed by atoms with Crippen molar-refractivity contribution >= 4 is 22.8 Å². The van der Waals surface area contributed by atoms with Crippen molar-refractivity contribution in [3.63, 3.8) is 0 Å². The molecule has 5 nitrogen and oxygen atoms in total. The minimum Gasteiger partial charge on any atom is -0.480 e. The molecule has 0 saturated heterocycles. The summed E-state index contributed by atoms with van der Waals surface area (Å²) in [5, 5.41) is 11.8. The number of rotatable bonds is 3. The van der Waals surface area contributed by atoms with Gasteiger partial charge in [0.1, 0.15) is 12.2 Å². The number of nitrogens with zero attached hydrogens (tertiary/aromatic N) is 1. The highest BCUT2D eigenvalue weighted by atomic mass is 16.4. The third-order valence-corrected chi connectivity index (χ3v) is 2.56. The molecule has 0 fully saturated rings. The van der Waals surface area contributed by atoms with E-state index in [2.05, 4.69) is 10.3 Å². The van der Waals surface area contributed by atoms with Crippen LogP contribution in [0.3, 0.4) is 0 Å². The van der Waals surface area contributed by atoms with Crippen molar-refractivity contribution < 1.29 is 14.7 Å². The summed E-state index contributed by atoms with van der Waals surface area (Å²) in [6.07, 6.45) is 0. The van der Waals surface area contributed by atoms with Crippen LogP contribution < -0.4 is 5.32 Å². The molecule has 2 N–H and O–H groups in total. The second-order valence-electron chi connectivity index (χ2n) is 3.92. The van der Waals surface area contributed by atoms with Gasteiger partial charge in [0.15, 0.2) is 0 Å². The number of pyridine rings is 1. The molecular formula is C13H12N2O3. The maximum Gasteiger partial charge on any atom is 0.322 e. The lowest BCUT2D eigenvalue weighted by Gasteiger charge is -2.06. The molecule has 1 aromatic carbocycles. The van der Waals surface area contributed by atoms with Gasteiger partial charge in [-0.05, 0) is 24.6 Å². The molecule has 0 bridgehead atoms. The van der Waals surface area contributed by atoms with Gasteiger partial charge in [-0.3, -0.25) is 9.59 Å². The Kier molecular flexibility index (Phi) is 3.23. The molecule has 2 rings (SSSR count). The van der Waals surface area contributed by atoms with E-state index < -0.39 is 18.4 Å². The highest BCUT2D eigenvalue weighted by Crippen LogP contribution is 2.17. The van der Waals surface area contributed by atoms with Gasteiger partial charge in [0, 0.05) is 5.39 Å². The van der Waals surface area contributed by atoms with E-state index in [0.29, 0.717) is 0 Å². The van der Waals surface area contributed by atoms with Gasteiger partial charge in [-0.2, -0.15) is 0 Å². The van der Waals surface area contributed by atoms with Crippen molar-refractivity contribution in [3.05, 3.63) is 41.6 Å². The number of carbonyl (C=O) groups excluding carboxylic acids is 1. The van der Waals surface area contributed by atoms with Gasteiger partial charge in [0.25, 0.3) is 5.91 Å². The van der Waals surface area contributed by atoms with Gasteiger partial charge in [-0.25, -0.2) is 4.98 Å². The summed E-state index contributed by atoms with van der Waals surface area (Å²) in [4.78, 5) is 26.3. The second kappa shape index (κ2) is 4.83. The molecule has 0 aliphatic rings. The number of carboxylic acids is 1. The van der Waals surface area contributed by atoms with Crippen LogP contribution in [0.1, 0.15) is 16.1 Å². The zero-order valence-electron chi connectivity index (χ0n) is 9.80. The quantitative estimate of drug-likeness (QED) is 0.854. The zero-order chi connectivity index (χ0) is 13.1. The van der Waals surface area contributed by atoms with E-state index in [1.807, 2.05) is 31.2 Å². The molecule has 92 valence electrons. The van der Waals surface area contributed by atoms with Crippen molar-refractivity contribution in [1.29, 1.82) is 0 Å². The predicted molar refractivity (Wildman–Crippen MR) is 66.4 cm³/mol.